The molecule has 0 saturated heterocycles. The molecular weight excluding hydrogens is 504 g/mol. The third-order valence-corrected chi connectivity index (χ3v) is 6.48. The van der Waals surface area contributed by atoms with E-state index in [-0.39, 0.29) is 5.91 Å². The molecule has 38 heavy (non-hydrogen) atoms. The fourth-order valence-electron chi connectivity index (χ4n) is 4.23. The smallest absolute Gasteiger partial charge is 0.246 e. The molecule has 0 spiro atoms. The van der Waals surface area contributed by atoms with Crippen molar-refractivity contribution in [3.05, 3.63) is 90.8 Å². The number of carbonyl (C=O) groups excluding carboxylic acids is 1. The summed E-state index contributed by atoms with van der Waals surface area (Å²) in [4.78, 5) is 31.4. The van der Waals surface area contributed by atoms with Gasteiger partial charge in [-0.2, -0.15) is 5.10 Å². The molecule has 0 aliphatic carbocycles. The van der Waals surface area contributed by atoms with Gasteiger partial charge in [-0.25, -0.2) is 24.5 Å². The molecule has 1 aromatic carbocycles. The zero-order chi connectivity index (χ0) is 26.1. The average molecular weight is 525 g/mol. The summed E-state index contributed by atoms with van der Waals surface area (Å²) < 4.78 is 7.61. The zero-order valence-electron chi connectivity index (χ0n) is 20.1. The van der Waals surface area contributed by atoms with Crippen LogP contribution >= 0.6 is 11.6 Å². The highest BCUT2D eigenvalue weighted by molar-refractivity contribution is 6.32. The second-order valence-corrected chi connectivity index (χ2v) is 8.96. The first kappa shape index (κ1) is 23.6. The van der Waals surface area contributed by atoms with Gasteiger partial charge in [0.25, 0.3) is 0 Å². The predicted molar refractivity (Wildman–Crippen MR) is 144 cm³/mol. The molecule has 188 valence electrons. The van der Waals surface area contributed by atoms with E-state index in [0.717, 1.165) is 17.0 Å². The van der Waals surface area contributed by atoms with Gasteiger partial charge < -0.3 is 15.0 Å². The highest BCUT2D eigenvalue weighted by Crippen LogP contribution is 2.33. The maximum absolute atomic E-state index is 11.9. The number of nitrogens with zero attached hydrogens (tertiary/aromatic N) is 7. The van der Waals surface area contributed by atoms with Gasteiger partial charge in [-0.1, -0.05) is 24.3 Å². The van der Waals surface area contributed by atoms with Crippen molar-refractivity contribution in [1.82, 2.24) is 34.4 Å². The van der Waals surface area contributed by atoms with Gasteiger partial charge >= 0.3 is 0 Å². The van der Waals surface area contributed by atoms with Crippen LogP contribution < -0.4 is 10.1 Å². The number of rotatable bonds is 6. The Morgan fingerprint density at radius 1 is 1.11 bits per heavy atom. The van der Waals surface area contributed by atoms with E-state index in [9.17, 15) is 4.79 Å². The number of carbonyl (C=O) groups is 1. The monoisotopic (exact) mass is 524 g/mol. The predicted octanol–water partition coefficient (Wildman–Crippen LogP) is 5.06. The Labute approximate surface area is 222 Å². The summed E-state index contributed by atoms with van der Waals surface area (Å²) in [5.74, 6) is 1.58. The van der Waals surface area contributed by atoms with Gasteiger partial charge in [-0.3, -0.25) is 4.79 Å². The van der Waals surface area contributed by atoms with Crippen LogP contribution in [0.1, 0.15) is 12.1 Å². The number of hydrogen-bond donors (Lipinski definition) is 1. The van der Waals surface area contributed by atoms with Crippen molar-refractivity contribution in [2.75, 3.05) is 18.4 Å². The number of anilines is 2. The second kappa shape index (κ2) is 9.91. The van der Waals surface area contributed by atoms with Gasteiger partial charge in [-0.15, -0.1) is 0 Å². The van der Waals surface area contributed by atoms with Crippen LogP contribution in [0.5, 0.6) is 11.5 Å². The highest BCUT2D eigenvalue weighted by atomic mass is 35.5. The molecule has 4 aromatic heterocycles. The summed E-state index contributed by atoms with van der Waals surface area (Å²) >= 11 is 6.54. The summed E-state index contributed by atoms with van der Waals surface area (Å²) in [6.45, 7) is 4.70. The molecule has 5 aromatic rings. The Balaban J connectivity index is 1.23. The van der Waals surface area contributed by atoms with E-state index in [1.54, 1.807) is 39.9 Å². The van der Waals surface area contributed by atoms with Gasteiger partial charge in [-0.05, 0) is 54.5 Å². The lowest BCUT2D eigenvalue weighted by Crippen LogP contribution is -2.33. The van der Waals surface area contributed by atoms with Crippen molar-refractivity contribution >= 4 is 51.3 Å². The van der Waals surface area contributed by atoms with Crippen molar-refractivity contribution in [3.63, 3.8) is 0 Å². The van der Waals surface area contributed by atoms with Crippen molar-refractivity contribution in [1.29, 1.82) is 0 Å². The van der Waals surface area contributed by atoms with Crippen LogP contribution in [0.15, 0.2) is 80.0 Å². The third-order valence-electron chi connectivity index (χ3n) is 6.18. The second-order valence-electron chi connectivity index (χ2n) is 8.55. The Morgan fingerprint density at radius 3 is 2.84 bits per heavy atom. The van der Waals surface area contributed by atoms with Crippen molar-refractivity contribution < 1.29 is 9.53 Å². The van der Waals surface area contributed by atoms with Gasteiger partial charge in [0.15, 0.2) is 11.5 Å². The van der Waals surface area contributed by atoms with E-state index < -0.39 is 0 Å². The fraction of sp³-hybridized carbons (Fsp3) is 0.111. The van der Waals surface area contributed by atoms with Crippen molar-refractivity contribution in [2.45, 2.75) is 6.42 Å². The summed E-state index contributed by atoms with van der Waals surface area (Å²) in [5, 5.41) is 7.81. The molecule has 1 aliphatic heterocycles. The molecule has 10 nitrogen and oxygen atoms in total. The number of fused-ring (bicyclic) bond motifs is 2. The maximum Gasteiger partial charge on any atom is 0.246 e. The maximum atomic E-state index is 11.9. The molecule has 1 amide bonds. The van der Waals surface area contributed by atoms with Crippen LogP contribution in [0.2, 0.25) is 5.02 Å². The number of nitrogens with one attached hydrogen (secondary N) is 1. The van der Waals surface area contributed by atoms with Crippen LogP contribution in [0.4, 0.5) is 11.5 Å². The van der Waals surface area contributed by atoms with E-state index in [1.165, 1.54) is 18.7 Å². The molecule has 1 aliphatic rings. The van der Waals surface area contributed by atoms with Crippen LogP contribution in [0.25, 0.3) is 22.3 Å². The Morgan fingerprint density at radius 2 is 2.03 bits per heavy atom. The van der Waals surface area contributed by atoms with Crippen molar-refractivity contribution in [2.24, 2.45) is 0 Å². The molecule has 5 heterocycles. The summed E-state index contributed by atoms with van der Waals surface area (Å²) in [6.07, 6.45) is 8.80. The Kier molecular flexibility index (Phi) is 6.14. The molecule has 0 atom stereocenters. The lowest BCUT2D eigenvalue weighted by Gasteiger charge is -2.25. The summed E-state index contributed by atoms with van der Waals surface area (Å²) in [5.41, 5.74) is 4.63. The molecule has 0 unspecified atom stereocenters. The lowest BCUT2D eigenvalue weighted by molar-refractivity contribution is -0.125. The molecule has 0 saturated carbocycles. The van der Waals surface area contributed by atoms with E-state index in [2.05, 4.69) is 31.9 Å². The van der Waals surface area contributed by atoms with Gasteiger partial charge in [0.2, 0.25) is 5.91 Å². The van der Waals surface area contributed by atoms with Gasteiger partial charge in [0.05, 0.1) is 16.2 Å². The third kappa shape index (κ3) is 4.64. The van der Waals surface area contributed by atoms with Crippen molar-refractivity contribution in [3.8, 4) is 11.5 Å². The first-order valence-electron chi connectivity index (χ1n) is 11.8. The fourth-order valence-corrected chi connectivity index (χ4v) is 4.45. The molecular formula is C27H21ClN8O2. The molecule has 0 fully saturated rings. The minimum absolute atomic E-state index is 0.0712. The zero-order valence-corrected chi connectivity index (χ0v) is 20.8. The van der Waals surface area contributed by atoms with E-state index >= 15 is 0 Å². The normalized spacial score (nSPS) is 13.4. The lowest BCUT2D eigenvalue weighted by atomic mass is 10.0. The van der Waals surface area contributed by atoms with Gasteiger partial charge in [0, 0.05) is 31.0 Å². The van der Waals surface area contributed by atoms with E-state index in [1.807, 2.05) is 24.3 Å². The van der Waals surface area contributed by atoms with Crippen LogP contribution in [0, 0.1) is 0 Å². The van der Waals surface area contributed by atoms with E-state index in [0.29, 0.717) is 58.5 Å². The van der Waals surface area contributed by atoms with E-state index in [4.69, 9.17) is 21.3 Å². The number of benzene rings is 1. The quantitative estimate of drug-likeness (QED) is 0.307. The van der Waals surface area contributed by atoms with Crippen LogP contribution in [-0.4, -0.2) is 53.4 Å². The van der Waals surface area contributed by atoms with Crippen LogP contribution in [0.3, 0.4) is 0 Å². The molecule has 0 bridgehead atoms. The number of hydrogen-bond acceptors (Lipinski definition) is 8. The number of pyridine rings is 2. The first-order valence-corrected chi connectivity index (χ1v) is 12.2. The number of amides is 1. The highest BCUT2D eigenvalue weighted by Gasteiger charge is 2.17. The Hall–Kier alpha value is -4.83. The first-order chi connectivity index (χ1) is 18.6. The SMILES string of the molecule is C=CC(=O)N1CC=C(c2ccc3ncnc(Nc4ccc(Oc5ccn6ncnc6c5)c(Cl)c4)c3n2)CC1. The Bertz CT molecular complexity index is 1730. The number of ether oxygens (including phenoxy) is 1. The minimum atomic E-state index is -0.0712. The average Bonchev–Trinajstić information content (AvgIpc) is 3.42. The standard InChI is InChI=1S/C27H21ClN8O2/c1-2-25(37)35-10-7-17(8-11-35)21-4-5-22-26(34-21)27(31-15-29-22)33-18-3-6-23(20(28)13-18)38-19-9-12-36-24(14-19)30-16-32-36/h2-7,9,12-16H,1,8,10-11H2,(H,29,31,33). The topological polar surface area (TPSA) is 110 Å². The molecule has 1 N–H and O–H groups in total. The van der Waals surface area contributed by atoms with Crippen LogP contribution in [-0.2, 0) is 4.79 Å². The van der Waals surface area contributed by atoms with Gasteiger partial charge in [0.1, 0.15) is 29.7 Å². The largest absolute Gasteiger partial charge is 0.456 e. The number of aromatic nitrogens is 6. The number of halogens is 1. The molecule has 0 radical (unpaired) electrons. The minimum Gasteiger partial charge on any atom is -0.456 e. The molecule has 11 heteroatoms. The summed E-state index contributed by atoms with van der Waals surface area (Å²) in [7, 11) is 0. The molecule has 6 rings (SSSR count). The summed E-state index contributed by atoms with van der Waals surface area (Å²) in [6, 6.07) is 12.8.